The molecule has 3 aromatic heterocycles. The number of aromatic nitrogens is 3. The minimum absolute atomic E-state index is 0.0350. The van der Waals surface area contributed by atoms with Crippen molar-refractivity contribution in [3.8, 4) is 11.4 Å². The van der Waals surface area contributed by atoms with Crippen LogP contribution in [-0.2, 0) is 17.6 Å². The molecule has 8 heteroatoms. The fraction of sp³-hybridized carbons (Fsp3) is 0.375. The molecule has 7 nitrogen and oxygen atoms in total. The highest BCUT2D eigenvalue weighted by atomic mass is 32.1. The molecule has 1 N–H and O–H groups in total. The Morgan fingerprint density at radius 1 is 1.09 bits per heavy atom. The van der Waals surface area contributed by atoms with E-state index in [0.29, 0.717) is 4.70 Å². The number of H-pyrrole nitrogens is 1. The van der Waals surface area contributed by atoms with Crippen molar-refractivity contribution in [3.63, 3.8) is 0 Å². The molecule has 6 rings (SSSR count). The van der Waals surface area contributed by atoms with Crippen LogP contribution < -0.4 is 20.2 Å². The van der Waals surface area contributed by atoms with E-state index in [9.17, 15) is 4.79 Å². The van der Waals surface area contributed by atoms with Crippen LogP contribution in [0.25, 0.3) is 26.1 Å². The van der Waals surface area contributed by atoms with Gasteiger partial charge in [0.05, 0.1) is 31.4 Å². The first-order valence-corrected chi connectivity index (χ1v) is 11.9. The summed E-state index contributed by atoms with van der Waals surface area (Å²) in [5.41, 5.74) is 4.33. The number of pyridine rings is 1. The average Bonchev–Trinajstić information content (AvgIpc) is 3.24. The first kappa shape index (κ1) is 19.7. The molecular weight excluding hydrogens is 424 g/mol. The van der Waals surface area contributed by atoms with Crippen LogP contribution in [0.4, 0.5) is 5.82 Å². The maximum absolute atomic E-state index is 13.5. The number of nitrogens with one attached hydrogen (secondary N) is 1. The van der Waals surface area contributed by atoms with Crippen LogP contribution in [0.3, 0.4) is 0 Å². The van der Waals surface area contributed by atoms with Crippen molar-refractivity contribution in [2.75, 3.05) is 38.3 Å². The SMILES string of the molecule is COc1ccc(-n2cnc3c(sc4[nH+]c(N5CCOCC5)c5c(c43)CCCC5)c2=O)cc1. The summed E-state index contributed by atoms with van der Waals surface area (Å²) < 4.78 is 13.1. The Kier molecular flexibility index (Phi) is 4.84. The van der Waals surface area contributed by atoms with Crippen LogP contribution in [-0.4, -0.2) is 43.0 Å². The number of methoxy groups -OCH3 is 1. The summed E-state index contributed by atoms with van der Waals surface area (Å²) in [7, 11) is 1.63. The molecule has 0 atom stereocenters. The van der Waals surface area contributed by atoms with Crippen LogP contribution in [0.2, 0.25) is 0 Å². The Morgan fingerprint density at radius 3 is 2.59 bits per heavy atom. The normalized spacial score (nSPS) is 16.5. The highest BCUT2D eigenvalue weighted by Crippen LogP contribution is 2.38. The zero-order valence-electron chi connectivity index (χ0n) is 18.0. The number of ether oxygens (including phenoxy) is 2. The van der Waals surface area contributed by atoms with Crippen LogP contribution >= 0.6 is 11.3 Å². The summed E-state index contributed by atoms with van der Waals surface area (Å²) >= 11 is 1.52. The van der Waals surface area contributed by atoms with E-state index in [-0.39, 0.29) is 5.56 Å². The molecule has 1 saturated heterocycles. The number of fused-ring (bicyclic) bond motifs is 5. The molecule has 0 saturated carbocycles. The second-order valence-corrected chi connectivity index (χ2v) is 9.36. The van der Waals surface area contributed by atoms with Gasteiger partial charge in [0.1, 0.15) is 35.4 Å². The van der Waals surface area contributed by atoms with Crippen molar-refractivity contribution in [1.29, 1.82) is 0 Å². The molecule has 0 radical (unpaired) electrons. The Bertz CT molecular complexity index is 1370. The minimum Gasteiger partial charge on any atom is -0.497 e. The maximum atomic E-state index is 13.5. The second kappa shape index (κ2) is 7.86. The number of morpholine rings is 1. The minimum atomic E-state index is -0.0350. The fourth-order valence-corrected chi connectivity index (χ4v) is 6.06. The Morgan fingerprint density at radius 2 is 1.84 bits per heavy atom. The molecule has 0 spiro atoms. The summed E-state index contributed by atoms with van der Waals surface area (Å²) in [6.07, 6.45) is 6.13. The van der Waals surface area contributed by atoms with Crippen molar-refractivity contribution in [2.45, 2.75) is 25.7 Å². The molecule has 0 unspecified atom stereocenters. The van der Waals surface area contributed by atoms with Crippen molar-refractivity contribution in [3.05, 3.63) is 52.1 Å². The molecule has 1 aliphatic carbocycles. The lowest BCUT2D eigenvalue weighted by Crippen LogP contribution is -2.40. The van der Waals surface area contributed by atoms with Gasteiger partial charge >= 0.3 is 0 Å². The molecule has 1 aromatic carbocycles. The number of hydrogen-bond acceptors (Lipinski definition) is 6. The number of aromatic amines is 1. The summed E-state index contributed by atoms with van der Waals surface area (Å²) in [5.74, 6) is 1.96. The van der Waals surface area contributed by atoms with E-state index < -0.39 is 0 Å². The van der Waals surface area contributed by atoms with E-state index in [0.717, 1.165) is 66.3 Å². The second-order valence-electron chi connectivity index (χ2n) is 8.34. The van der Waals surface area contributed by atoms with Gasteiger partial charge in [-0.25, -0.2) is 9.97 Å². The highest BCUT2D eigenvalue weighted by molar-refractivity contribution is 7.25. The zero-order valence-corrected chi connectivity index (χ0v) is 18.8. The van der Waals surface area contributed by atoms with Gasteiger partial charge in [0.15, 0.2) is 4.83 Å². The molecule has 4 heterocycles. The quantitative estimate of drug-likeness (QED) is 0.481. The van der Waals surface area contributed by atoms with Crippen LogP contribution in [0.15, 0.2) is 35.4 Å². The number of nitrogens with zero attached hydrogens (tertiary/aromatic N) is 3. The third-order valence-electron chi connectivity index (χ3n) is 6.56. The van der Waals surface area contributed by atoms with Gasteiger partial charge in [-0.2, -0.15) is 0 Å². The van der Waals surface area contributed by atoms with E-state index >= 15 is 0 Å². The molecule has 1 aliphatic heterocycles. The molecule has 0 bridgehead atoms. The van der Waals surface area contributed by atoms with Crippen LogP contribution in [0, 0.1) is 0 Å². The zero-order chi connectivity index (χ0) is 21.7. The van der Waals surface area contributed by atoms with Gasteiger partial charge in [-0.1, -0.05) is 11.3 Å². The molecular formula is C24H25N4O3S+. The topological polar surface area (TPSA) is 70.7 Å². The van der Waals surface area contributed by atoms with E-state index in [1.807, 2.05) is 24.3 Å². The van der Waals surface area contributed by atoms with Gasteiger partial charge in [-0.3, -0.25) is 14.3 Å². The van der Waals surface area contributed by atoms with Gasteiger partial charge in [-0.15, -0.1) is 0 Å². The predicted octanol–water partition coefficient (Wildman–Crippen LogP) is 3.14. The number of aryl methyl sites for hydroxylation is 1. The fourth-order valence-electron chi connectivity index (χ4n) is 4.95. The Labute approximate surface area is 189 Å². The summed E-state index contributed by atoms with van der Waals surface area (Å²) in [6, 6.07) is 7.47. The lowest BCUT2D eigenvalue weighted by Gasteiger charge is -2.25. The standard InChI is InChI=1S/C24H24N4O3S/c1-30-16-8-6-15(7-9-16)28-14-25-20-19-17-4-2-3-5-18(17)22(27-10-12-31-13-11-27)26-23(19)32-21(20)24(28)29/h6-9,14H,2-5,10-13H2,1H3/p+1. The average molecular weight is 450 g/mol. The van der Waals surface area contributed by atoms with Gasteiger partial charge in [0, 0.05) is 5.56 Å². The summed E-state index contributed by atoms with van der Waals surface area (Å²) in [4.78, 5) is 25.4. The van der Waals surface area contributed by atoms with Gasteiger partial charge < -0.3 is 9.47 Å². The van der Waals surface area contributed by atoms with Crippen LogP contribution in [0.1, 0.15) is 24.0 Å². The number of benzene rings is 1. The van der Waals surface area contributed by atoms with Crippen molar-refractivity contribution < 1.29 is 14.5 Å². The van der Waals surface area contributed by atoms with E-state index in [1.54, 1.807) is 18.0 Å². The number of thiophene rings is 1. The molecule has 2 aliphatic rings. The number of anilines is 1. The lowest BCUT2D eigenvalue weighted by molar-refractivity contribution is -0.328. The van der Waals surface area contributed by atoms with E-state index in [2.05, 4.69) is 9.88 Å². The van der Waals surface area contributed by atoms with Crippen molar-refractivity contribution in [1.82, 2.24) is 9.55 Å². The molecule has 0 amide bonds. The predicted molar refractivity (Wildman–Crippen MR) is 126 cm³/mol. The third-order valence-corrected chi connectivity index (χ3v) is 7.65. The van der Waals surface area contributed by atoms with Gasteiger partial charge in [0.2, 0.25) is 0 Å². The number of rotatable bonds is 3. The van der Waals surface area contributed by atoms with Crippen LogP contribution in [0.5, 0.6) is 5.75 Å². The number of hydrogen-bond donors (Lipinski definition) is 0. The monoisotopic (exact) mass is 449 g/mol. The highest BCUT2D eigenvalue weighted by Gasteiger charge is 2.30. The van der Waals surface area contributed by atoms with E-state index in [1.165, 1.54) is 41.1 Å². The molecule has 32 heavy (non-hydrogen) atoms. The Hall–Kier alpha value is -2.97. The van der Waals surface area contributed by atoms with Crippen molar-refractivity contribution in [2.24, 2.45) is 0 Å². The maximum Gasteiger partial charge on any atom is 0.279 e. The smallest absolute Gasteiger partial charge is 0.279 e. The first-order valence-electron chi connectivity index (χ1n) is 11.1. The largest absolute Gasteiger partial charge is 0.497 e. The lowest BCUT2D eigenvalue weighted by atomic mass is 9.90. The van der Waals surface area contributed by atoms with Crippen molar-refractivity contribution >= 4 is 37.6 Å². The third kappa shape index (κ3) is 3.09. The first-order chi connectivity index (χ1) is 15.7. The molecule has 1 fully saturated rings. The van der Waals surface area contributed by atoms with Gasteiger partial charge in [-0.05, 0) is 55.5 Å². The summed E-state index contributed by atoms with van der Waals surface area (Å²) in [5, 5.41) is 1.13. The Balaban J connectivity index is 1.56. The molecule has 164 valence electrons. The summed E-state index contributed by atoms with van der Waals surface area (Å²) in [6.45, 7) is 3.28. The van der Waals surface area contributed by atoms with E-state index in [4.69, 9.17) is 14.5 Å². The van der Waals surface area contributed by atoms with Gasteiger partial charge in [0.25, 0.3) is 11.4 Å². The molecule has 4 aromatic rings.